The summed E-state index contributed by atoms with van der Waals surface area (Å²) in [6.45, 7) is 3.32. The summed E-state index contributed by atoms with van der Waals surface area (Å²) in [5.74, 6) is -0.529. The van der Waals surface area contributed by atoms with E-state index in [1.165, 1.54) is 0 Å². The van der Waals surface area contributed by atoms with E-state index >= 15 is 0 Å². The van der Waals surface area contributed by atoms with Gasteiger partial charge in [0.05, 0.1) is 24.6 Å². The number of carbonyl (C=O) groups excluding carboxylic acids is 1. The lowest BCUT2D eigenvalue weighted by atomic mass is 10.5. The first-order valence-corrected chi connectivity index (χ1v) is 4.18. The molecule has 0 aromatic carbocycles. The molecule has 0 fully saturated rings. The quantitative estimate of drug-likeness (QED) is 0.255. The summed E-state index contributed by atoms with van der Waals surface area (Å²) in [6.07, 6.45) is 1.38. The highest BCUT2D eigenvalue weighted by Crippen LogP contribution is 1.87. The molecule has 0 aliphatic carbocycles. The van der Waals surface area contributed by atoms with Gasteiger partial charge in [-0.3, -0.25) is 0 Å². The number of ether oxygens (including phenoxy) is 1. The van der Waals surface area contributed by atoms with E-state index in [4.69, 9.17) is 0 Å². The Balaban J connectivity index is 3.16. The Labute approximate surface area is 72.8 Å². The Hall–Kier alpha value is -0.720. The van der Waals surface area contributed by atoms with E-state index in [-0.39, 0.29) is 13.2 Å². The van der Waals surface area contributed by atoms with Gasteiger partial charge in [0.1, 0.15) is 0 Å². The second kappa shape index (κ2) is 6.96. The van der Waals surface area contributed by atoms with Gasteiger partial charge >= 0.3 is 5.97 Å². The number of esters is 1. The zero-order valence-electron chi connectivity index (χ0n) is 6.36. The minimum Gasteiger partial charge on any atom is -0.750 e. The second-order valence-electron chi connectivity index (χ2n) is 1.75. The molecule has 0 rings (SSSR count). The molecule has 0 N–H and O–H groups in total. The van der Waals surface area contributed by atoms with Crippen molar-refractivity contribution < 1.29 is 22.5 Å². The molecular formula is C6H9O5S-. The van der Waals surface area contributed by atoms with Crippen LogP contribution in [0.25, 0.3) is 0 Å². The molecule has 70 valence electrons. The molecule has 0 radical (unpaired) electrons. The van der Waals surface area contributed by atoms with Crippen molar-refractivity contribution in [3.8, 4) is 0 Å². The van der Waals surface area contributed by atoms with Gasteiger partial charge in [0, 0.05) is 12.5 Å². The lowest BCUT2D eigenvalue weighted by Crippen LogP contribution is -2.05. The first-order valence-electron chi connectivity index (χ1n) is 3.18. The normalized spacial score (nSPS) is 12.1. The lowest BCUT2D eigenvalue weighted by Gasteiger charge is -2.04. The molecule has 0 aliphatic heterocycles. The maximum Gasteiger partial charge on any atom is 0.330 e. The molecule has 0 aliphatic rings. The molecule has 0 saturated carbocycles. The first-order chi connectivity index (χ1) is 5.66. The number of hydrogen-bond acceptors (Lipinski definition) is 5. The van der Waals surface area contributed by atoms with Crippen LogP contribution in [-0.4, -0.2) is 27.9 Å². The second-order valence-corrected chi connectivity index (χ2v) is 2.40. The first kappa shape index (κ1) is 11.3. The minimum atomic E-state index is -2.49. The molecule has 5 nitrogen and oxygen atoms in total. The molecule has 0 saturated heterocycles. The number of rotatable bonds is 6. The molecule has 0 aromatic heterocycles. The van der Waals surface area contributed by atoms with Crippen molar-refractivity contribution in [2.75, 3.05) is 13.2 Å². The standard InChI is InChI=1S/C6H10O5S/c1-2-6(7)10-4-3-5-11-12(8)9/h2H,1,3-5H2,(H,8,9)/p-1. The van der Waals surface area contributed by atoms with Crippen LogP contribution >= 0.6 is 0 Å². The lowest BCUT2D eigenvalue weighted by molar-refractivity contribution is -0.137. The van der Waals surface area contributed by atoms with Crippen molar-refractivity contribution in [3.63, 3.8) is 0 Å². The van der Waals surface area contributed by atoms with E-state index in [0.717, 1.165) is 6.08 Å². The minimum absolute atomic E-state index is 0.0144. The smallest absolute Gasteiger partial charge is 0.330 e. The fourth-order valence-corrected chi connectivity index (χ4v) is 0.672. The maximum absolute atomic E-state index is 10.4. The molecule has 0 aromatic rings. The molecule has 0 heterocycles. The zero-order chi connectivity index (χ0) is 9.40. The summed E-state index contributed by atoms with van der Waals surface area (Å²) in [5, 5.41) is 0. The summed E-state index contributed by atoms with van der Waals surface area (Å²) in [6, 6.07) is 0. The van der Waals surface area contributed by atoms with E-state index in [1.54, 1.807) is 0 Å². The van der Waals surface area contributed by atoms with Gasteiger partial charge in [0.2, 0.25) is 0 Å². The van der Waals surface area contributed by atoms with Crippen LogP contribution in [0, 0.1) is 0 Å². The highest BCUT2D eigenvalue weighted by molar-refractivity contribution is 7.74. The number of carbonyl (C=O) groups is 1. The average Bonchev–Trinajstić information content (AvgIpc) is 2.03. The SMILES string of the molecule is C=CC(=O)OCCCOS(=O)[O-]. The predicted molar refractivity (Wildman–Crippen MR) is 40.6 cm³/mol. The Morgan fingerprint density at radius 1 is 1.58 bits per heavy atom. The van der Waals surface area contributed by atoms with Gasteiger partial charge in [-0.2, -0.15) is 0 Å². The fraction of sp³-hybridized carbons (Fsp3) is 0.500. The van der Waals surface area contributed by atoms with Crippen LogP contribution in [-0.2, 0) is 25.1 Å². The predicted octanol–water partition coefficient (Wildman–Crippen LogP) is -0.0836. The van der Waals surface area contributed by atoms with E-state index in [0.29, 0.717) is 6.42 Å². The Bertz CT molecular complexity index is 179. The highest BCUT2D eigenvalue weighted by Gasteiger charge is 1.94. The van der Waals surface area contributed by atoms with Gasteiger partial charge in [0.15, 0.2) is 0 Å². The van der Waals surface area contributed by atoms with Crippen molar-refractivity contribution >= 4 is 17.3 Å². The van der Waals surface area contributed by atoms with Gasteiger partial charge in [-0.15, -0.1) is 0 Å². The van der Waals surface area contributed by atoms with Crippen LogP contribution in [0.5, 0.6) is 0 Å². The highest BCUT2D eigenvalue weighted by atomic mass is 32.2. The van der Waals surface area contributed by atoms with E-state index in [2.05, 4.69) is 15.5 Å². The van der Waals surface area contributed by atoms with Crippen LogP contribution in [0.2, 0.25) is 0 Å². The summed E-state index contributed by atoms with van der Waals surface area (Å²) >= 11 is -2.49. The summed E-state index contributed by atoms with van der Waals surface area (Å²) in [7, 11) is 0. The third-order valence-electron chi connectivity index (χ3n) is 0.879. The maximum atomic E-state index is 10.4. The molecule has 1 unspecified atom stereocenters. The molecule has 0 spiro atoms. The van der Waals surface area contributed by atoms with E-state index in [9.17, 15) is 13.6 Å². The average molecular weight is 193 g/mol. The molecular weight excluding hydrogens is 184 g/mol. The fourth-order valence-electron chi connectivity index (χ4n) is 0.418. The Kier molecular flexibility index (Phi) is 6.54. The number of hydrogen-bond donors (Lipinski definition) is 0. The third kappa shape index (κ3) is 7.39. The molecule has 0 bridgehead atoms. The summed E-state index contributed by atoms with van der Waals surface area (Å²) < 4.78 is 28.3. The van der Waals surface area contributed by atoms with Gasteiger partial charge in [-0.25, -0.2) is 9.00 Å². The summed E-state index contributed by atoms with van der Waals surface area (Å²) in [4.78, 5) is 10.4. The third-order valence-corrected chi connectivity index (χ3v) is 1.24. The van der Waals surface area contributed by atoms with Crippen molar-refractivity contribution in [2.45, 2.75) is 6.42 Å². The van der Waals surface area contributed by atoms with Crippen LogP contribution in [0.3, 0.4) is 0 Å². The van der Waals surface area contributed by atoms with E-state index < -0.39 is 17.3 Å². The van der Waals surface area contributed by atoms with Crippen LogP contribution in [0.15, 0.2) is 12.7 Å². The molecule has 6 heteroatoms. The van der Waals surface area contributed by atoms with Crippen LogP contribution in [0.4, 0.5) is 0 Å². The molecule has 0 amide bonds. The van der Waals surface area contributed by atoms with Gasteiger partial charge in [0.25, 0.3) is 0 Å². The largest absolute Gasteiger partial charge is 0.750 e. The monoisotopic (exact) mass is 193 g/mol. The van der Waals surface area contributed by atoms with Gasteiger partial charge in [-0.05, 0) is 0 Å². The molecule has 12 heavy (non-hydrogen) atoms. The van der Waals surface area contributed by atoms with Gasteiger partial charge < -0.3 is 13.5 Å². The topological polar surface area (TPSA) is 75.7 Å². The van der Waals surface area contributed by atoms with E-state index in [1.807, 2.05) is 0 Å². The van der Waals surface area contributed by atoms with Crippen molar-refractivity contribution in [2.24, 2.45) is 0 Å². The van der Waals surface area contributed by atoms with Crippen LogP contribution in [0.1, 0.15) is 6.42 Å². The van der Waals surface area contributed by atoms with Crippen molar-refractivity contribution in [3.05, 3.63) is 12.7 Å². The van der Waals surface area contributed by atoms with Crippen molar-refractivity contribution in [1.29, 1.82) is 0 Å². The molecule has 1 atom stereocenters. The Morgan fingerprint density at radius 2 is 2.25 bits per heavy atom. The summed E-state index contributed by atoms with van der Waals surface area (Å²) in [5.41, 5.74) is 0. The van der Waals surface area contributed by atoms with Gasteiger partial charge in [-0.1, -0.05) is 6.58 Å². The van der Waals surface area contributed by atoms with Crippen molar-refractivity contribution in [1.82, 2.24) is 0 Å². The zero-order valence-corrected chi connectivity index (χ0v) is 7.17. The van der Waals surface area contributed by atoms with Crippen LogP contribution < -0.4 is 0 Å². The Morgan fingerprint density at radius 3 is 2.75 bits per heavy atom.